The molecule has 1 aromatic rings. The summed E-state index contributed by atoms with van der Waals surface area (Å²) in [6.45, 7) is 3.83. The highest BCUT2D eigenvalue weighted by atomic mass is 16.5. The number of methoxy groups -OCH3 is 1. The number of aliphatic hydroxyl groups excluding tert-OH is 2. The molecule has 2 atom stereocenters. The molecule has 138 valence electrons. The molecule has 1 saturated carbocycles. The van der Waals surface area contributed by atoms with Gasteiger partial charge in [-0.25, -0.2) is 10.4 Å². The molecule has 6 heteroatoms. The zero-order valence-electron chi connectivity index (χ0n) is 15.4. The van der Waals surface area contributed by atoms with E-state index in [1.54, 1.807) is 14.0 Å². The van der Waals surface area contributed by atoms with Crippen molar-refractivity contribution in [3.63, 3.8) is 0 Å². The maximum absolute atomic E-state index is 9.89. The molecule has 0 amide bonds. The van der Waals surface area contributed by atoms with Crippen LogP contribution in [0.5, 0.6) is 0 Å². The first-order chi connectivity index (χ1) is 12.5. The molecule has 3 aliphatic rings. The minimum absolute atomic E-state index is 0.0339. The number of amidine groups is 1. The number of aliphatic imine (C=N–C) groups is 1. The highest BCUT2D eigenvalue weighted by Gasteiger charge is 2.49. The third-order valence-corrected chi connectivity index (χ3v) is 5.55. The van der Waals surface area contributed by atoms with E-state index in [0.717, 1.165) is 46.8 Å². The summed E-state index contributed by atoms with van der Waals surface area (Å²) >= 11 is 0. The van der Waals surface area contributed by atoms with Gasteiger partial charge in [-0.3, -0.25) is 5.01 Å². The van der Waals surface area contributed by atoms with E-state index in [2.05, 4.69) is 12.3 Å². The number of rotatable bonds is 5. The summed E-state index contributed by atoms with van der Waals surface area (Å²) in [4.78, 5) is 4.87. The number of hydrogen-bond donors (Lipinski definition) is 3. The fraction of sp³-hybridized carbons (Fsp3) is 0.450. The van der Waals surface area contributed by atoms with Crippen LogP contribution in [-0.4, -0.2) is 34.3 Å². The fourth-order valence-corrected chi connectivity index (χ4v) is 3.53. The SMILES string of the molecule is COC1=CC=C(c2ccc(C(C)O)c(CO)c2)N2NC(C3(C)CC3)N=C12. The van der Waals surface area contributed by atoms with Crippen molar-refractivity contribution in [2.45, 2.75) is 45.6 Å². The first-order valence-corrected chi connectivity index (χ1v) is 8.99. The lowest BCUT2D eigenvalue weighted by atomic mass is 9.98. The zero-order chi connectivity index (χ0) is 18.5. The van der Waals surface area contributed by atoms with Gasteiger partial charge in [0.2, 0.25) is 0 Å². The number of fused-ring (bicyclic) bond motifs is 1. The Morgan fingerprint density at radius 2 is 2.15 bits per heavy atom. The van der Waals surface area contributed by atoms with Crippen molar-refractivity contribution in [3.8, 4) is 0 Å². The molecule has 2 unspecified atom stereocenters. The first-order valence-electron chi connectivity index (χ1n) is 8.99. The highest BCUT2D eigenvalue weighted by molar-refractivity contribution is 6.04. The van der Waals surface area contributed by atoms with Crippen LogP contribution in [0.25, 0.3) is 5.70 Å². The number of hydrogen-bond acceptors (Lipinski definition) is 6. The second-order valence-electron chi connectivity index (χ2n) is 7.51. The Morgan fingerprint density at radius 3 is 2.77 bits per heavy atom. The van der Waals surface area contributed by atoms with Crippen molar-refractivity contribution in [3.05, 3.63) is 52.8 Å². The van der Waals surface area contributed by atoms with Crippen molar-refractivity contribution >= 4 is 11.5 Å². The Bertz CT molecular complexity index is 822. The van der Waals surface area contributed by atoms with Crippen LogP contribution in [0, 0.1) is 5.41 Å². The quantitative estimate of drug-likeness (QED) is 0.756. The summed E-state index contributed by atoms with van der Waals surface area (Å²) in [5, 5.41) is 21.6. The lowest BCUT2D eigenvalue weighted by Gasteiger charge is -2.29. The number of allylic oxidation sites excluding steroid dienone is 2. The normalized spacial score (nSPS) is 24.4. The minimum Gasteiger partial charge on any atom is -0.493 e. The van der Waals surface area contributed by atoms with Gasteiger partial charge >= 0.3 is 0 Å². The number of benzene rings is 1. The molecule has 26 heavy (non-hydrogen) atoms. The second-order valence-corrected chi connectivity index (χ2v) is 7.51. The van der Waals surface area contributed by atoms with Gasteiger partial charge in [0.15, 0.2) is 11.6 Å². The van der Waals surface area contributed by atoms with Crippen LogP contribution in [0.3, 0.4) is 0 Å². The second kappa shape index (κ2) is 6.23. The van der Waals surface area contributed by atoms with Crippen LogP contribution in [-0.2, 0) is 11.3 Å². The van der Waals surface area contributed by atoms with Crippen LogP contribution >= 0.6 is 0 Å². The van der Waals surface area contributed by atoms with Crippen molar-refractivity contribution < 1.29 is 14.9 Å². The Morgan fingerprint density at radius 1 is 1.38 bits per heavy atom. The number of aliphatic hydroxyl groups is 2. The summed E-state index contributed by atoms with van der Waals surface area (Å²) in [6.07, 6.45) is 5.65. The molecule has 1 fully saturated rings. The van der Waals surface area contributed by atoms with E-state index in [-0.39, 0.29) is 18.2 Å². The summed E-state index contributed by atoms with van der Waals surface area (Å²) in [5.74, 6) is 1.52. The van der Waals surface area contributed by atoms with Crippen LogP contribution in [0.2, 0.25) is 0 Å². The standard InChI is InChI=1S/C20H25N3O3/c1-12(25)15-5-4-13(10-14(15)11-24)16-6-7-17(26-3)18-21-19(22-23(16)18)20(2)8-9-20/h4-7,10,12,19,22,24-25H,8-9,11H2,1-3H3. The predicted molar refractivity (Wildman–Crippen MR) is 99.6 cm³/mol. The topological polar surface area (TPSA) is 77.3 Å². The molecule has 2 aliphatic heterocycles. The van der Waals surface area contributed by atoms with Gasteiger partial charge in [0.05, 0.1) is 25.5 Å². The summed E-state index contributed by atoms with van der Waals surface area (Å²) in [6, 6.07) is 5.75. The molecular formula is C20H25N3O3. The van der Waals surface area contributed by atoms with E-state index in [1.165, 1.54) is 0 Å². The zero-order valence-corrected chi connectivity index (χ0v) is 15.4. The third-order valence-electron chi connectivity index (χ3n) is 5.55. The Balaban J connectivity index is 1.72. The van der Waals surface area contributed by atoms with Gasteiger partial charge in [-0.2, -0.15) is 0 Å². The number of nitrogens with zero attached hydrogens (tertiary/aromatic N) is 2. The summed E-state index contributed by atoms with van der Waals surface area (Å²) in [7, 11) is 1.65. The average molecular weight is 355 g/mol. The molecule has 2 heterocycles. The molecule has 0 radical (unpaired) electrons. The third kappa shape index (κ3) is 2.74. The van der Waals surface area contributed by atoms with Gasteiger partial charge in [-0.1, -0.05) is 19.1 Å². The molecule has 3 N–H and O–H groups in total. The van der Waals surface area contributed by atoms with Crippen LogP contribution in [0.1, 0.15) is 49.5 Å². The Kier molecular flexibility index (Phi) is 4.14. The van der Waals surface area contributed by atoms with Crippen molar-refractivity contribution in [2.75, 3.05) is 7.11 Å². The maximum atomic E-state index is 9.89. The monoisotopic (exact) mass is 355 g/mol. The van der Waals surface area contributed by atoms with Gasteiger partial charge in [-0.15, -0.1) is 0 Å². The smallest absolute Gasteiger partial charge is 0.187 e. The largest absolute Gasteiger partial charge is 0.493 e. The van der Waals surface area contributed by atoms with Crippen molar-refractivity contribution in [1.82, 2.24) is 10.4 Å². The maximum Gasteiger partial charge on any atom is 0.187 e. The van der Waals surface area contributed by atoms with E-state index in [1.807, 2.05) is 35.4 Å². The summed E-state index contributed by atoms with van der Waals surface area (Å²) in [5.41, 5.74) is 7.07. The van der Waals surface area contributed by atoms with E-state index in [4.69, 9.17) is 9.73 Å². The number of hydrazine groups is 1. The van der Waals surface area contributed by atoms with E-state index >= 15 is 0 Å². The summed E-state index contributed by atoms with van der Waals surface area (Å²) < 4.78 is 5.50. The number of nitrogens with one attached hydrogen (secondary N) is 1. The van der Waals surface area contributed by atoms with Crippen LogP contribution in [0.4, 0.5) is 0 Å². The molecule has 0 aromatic heterocycles. The van der Waals surface area contributed by atoms with Crippen LogP contribution < -0.4 is 5.43 Å². The van der Waals surface area contributed by atoms with Crippen molar-refractivity contribution in [2.24, 2.45) is 10.4 Å². The highest BCUT2D eigenvalue weighted by Crippen LogP contribution is 2.50. The number of ether oxygens (including phenoxy) is 1. The van der Waals surface area contributed by atoms with Gasteiger partial charge in [0.25, 0.3) is 0 Å². The molecule has 6 nitrogen and oxygen atoms in total. The first kappa shape index (κ1) is 17.3. The minimum atomic E-state index is -0.618. The van der Waals surface area contributed by atoms with Crippen LogP contribution in [0.15, 0.2) is 41.1 Å². The molecule has 4 rings (SSSR count). The molecule has 0 saturated heterocycles. The van der Waals surface area contributed by atoms with E-state index in [9.17, 15) is 10.2 Å². The lowest BCUT2D eigenvalue weighted by Crippen LogP contribution is -2.43. The predicted octanol–water partition coefficient (Wildman–Crippen LogP) is 2.46. The molecule has 1 aliphatic carbocycles. The molecule has 1 aromatic carbocycles. The molecule has 0 bridgehead atoms. The fourth-order valence-electron chi connectivity index (χ4n) is 3.53. The van der Waals surface area contributed by atoms with E-state index in [0.29, 0.717) is 0 Å². The molecule has 0 spiro atoms. The van der Waals surface area contributed by atoms with Gasteiger partial charge in [-0.05, 0) is 49.1 Å². The molecular weight excluding hydrogens is 330 g/mol. The van der Waals surface area contributed by atoms with Crippen molar-refractivity contribution in [1.29, 1.82) is 0 Å². The Hall–Kier alpha value is -2.15. The van der Waals surface area contributed by atoms with E-state index < -0.39 is 6.10 Å². The van der Waals surface area contributed by atoms with Gasteiger partial charge in [0, 0.05) is 11.0 Å². The van der Waals surface area contributed by atoms with Gasteiger partial charge < -0.3 is 14.9 Å². The van der Waals surface area contributed by atoms with Gasteiger partial charge in [0.1, 0.15) is 6.17 Å². The lowest BCUT2D eigenvalue weighted by molar-refractivity contribution is 0.193. The average Bonchev–Trinajstić information content (AvgIpc) is 3.23. The Labute approximate surface area is 153 Å².